The molecule has 0 bridgehead atoms. The van der Waals surface area contributed by atoms with Gasteiger partial charge in [-0.25, -0.2) is 0 Å². The van der Waals surface area contributed by atoms with Gasteiger partial charge in [0.2, 0.25) is 0 Å². The molecule has 224 valence electrons. The smallest absolute Gasteiger partial charge is 0.0547 e. The van der Waals surface area contributed by atoms with Gasteiger partial charge in [0.15, 0.2) is 0 Å². The largest absolute Gasteiger partial charge is 0.309 e. The van der Waals surface area contributed by atoms with Crippen LogP contribution in [0.3, 0.4) is 0 Å². The first-order chi connectivity index (χ1) is 23.6. The lowest BCUT2D eigenvalue weighted by Crippen LogP contribution is -2.14. The fourth-order valence-corrected chi connectivity index (χ4v) is 9.23. The third-order valence-corrected chi connectivity index (χ3v) is 11.3. The van der Waals surface area contributed by atoms with E-state index in [2.05, 4.69) is 170 Å². The maximum Gasteiger partial charge on any atom is 0.0547 e. The molecule has 0 aliphatic heterocycles. The van der Waals surface area contributed by atoms with Crippen LogP contribution in [0.25, 0.3) is 93.5 Å². The second kappa shape index (κ2) is 9.12. The van der Waals surface area contributed by atoms with Crippen LogP contribution in [0.2, 0.25) is 0 Å². The van der Waals surface area contributed by atoms with Crippen molar-refractivity contribution in [2.45, 2.75) is 19.3 Å². The molecule has 1 heteroatoms. The maximum absolute atomic E-state index is 2.47. The van der Waals surface area contributed by atoms with Gasteiger partial charge in [0.1, 0.15) is 0 Å². The number of para-hydroxylation sites is 1. The van der Waals surface area contributed by atoms with E-state index in [4.69, 9.17) is 0 Å². The molecular formula is C47H31N. The summed E-state index contributed by atoms with van der Waals surface area (Å²) in [6, 6.07) is 56.7. The third kappa shape index (κ3) is 3.21. The van der Waals surface area contributed by atoms with Gasteiger partial charge < -0.3 is 4.57 Å². The van der Waals surface area contributed by atoms with Crippen molar-refractivity contribution in [3.8, 4) is 50.2 Å². The molecular weight excluding hydrogens is 579 g/mol. The van der Waals surface area contributed by atoms with Gasteiger partial charge in [0.25, 0.3) is 0 Å². The lowest BCUT2D eigenvalue weighted by atomic mass is 9.82. The van der Waals surface area contributed by atoms with Crippen molar-refractivity contribution < 1.29 is 0 Å². The Bertz CT molecular complexity index is 2830. The maximum atomic E-state index is 2.47. The van der Waals surface area contributed by atoms with Crippen molar-refractivity contribution in [1.29, 1.82) is 0 Å². The first-order valence-electron chi connectivity index (χ1n) is 17.0. The first kappa shape index (κ1) is 26.2. The standard InChI is InChI=1S/C47H31N/c1-47(2)40-19-7-5-15-38(40)45-36-24-26-43-46(37(36)23-25-41(45)47)39-16-6-8-20-42(39)48(43)29-12-9-11-28(27-29)30-21-22-35-32-14-4-3-13-31(32)34-18-10-17-33(30)44(34)35/h3-27H,1-2H3. The Morgan fingerprint density at radius 1 is 0.396 bits per heavy atom. The first-order valence-corrected chi connectivity index (χ1v) is 17.0. The Balaban J connectivity index is 1.15. The monoisotopic (exact) mass is 609 g/mol. The molecule has 0 radical (unpaired) electrons. The van der Waals surface area contributed by atoms with Crippen molar-refractivity contribution in [2.75, 3.05) is 0 Å². The molecule has 11 rings (SSSR count). The molecule has 0 saturated heterocycles. The van der Waals surface area contributed by atoms with Crippen LogP contribution in [0.4, 0.5) is 0 Å². The van der Waals surface area contributed by atoms with E-state index >= 15 is 0 Å². The Labute approximate surface area is 279 Å². The van der Waals surface area contributed by atoms with E-state index in [1.807, 2.05) is 0 Å². The summed E-state index contributed by atoms with van der Waals surface area (Å²) in [7, 11) is 0. The molecule has 2 aliphatic carbocycles. The number of aromatic nitrogens is 1. The lowest BCUT2D eigenvalue weighted by molar-refractivity contribution is 0.661. The van der Waals surface area contributed by atoms with Gasteiger partial charge in [-0.2, -0.15) is 0 Å². The second-order valence-electron chi connectivity index (χ2n) is 14.1. The zero-order valence-electron chi connectivity index (χ0n) is 26.9. The highest BCUT2D eigenvalue weighted by Gasteiger charge is 2.36. The van der Waals surface area contributed by atoms with Gasteiger partial charge in [0, 0.05) is 21.9 Å². The van der Waals surface area contributed by atoms with E-state index in [0.717, 1.165) is 0 Å². The van der Waals surface area contributed by atoms with Crippen LogP contribution in [0.5, 0.6) is 0 Å². The summed E-state index contributed by atoms with van der Waals surface area (Å²) in [5.74, 6) is 0. The minimum Gasteiger partial charge on any atom is -0.309 e. The van der Waals surface area contributed by atoms with Gasteiger partial charge in [-0.1, -0.05) is 141 Å². The fourth-order valence-electron chi connectivity index (χ4n) is 9.23. The Kier molecular flexibility index (Phi) is 4.97. The molecule has 0 saturated carbocycles. The Hall–Kier alpha value is -5.92. The van der Waals surface area contributed by atoms with Crippen LogP contribution < -0.4 is 0 Å². The number of nitrogens with zero attached hydrogens (tertiary/aromatic N) is 1. The fraction of sp³-hybridized carbons (Fsp3) is 0.0638. The average Bonchev–Trinajstić information content (AvgIpc) is 3.73. The third-order valence-electron chi connectivity index (χ3n) is 11.3. The summed E-state index contributed by atoms with van der Waals surface area (Å²) in [4.78, 5) is 0. The van der Waals surface area contributed by atoms with Gasteiger partial charge in [-0.15, -0.1) is 0 Å². The molecule has 0 fully saturated rings. The zero-order valence-corrected chi connectivity index (χ0v) is 26.9. The summed E-state index contributed by atoms with van der Waals surface area (Å²) in [5.41, 5.74) is 17.1. The number of rotatable bonds is 2. The normalized spacial score (nSPS) is 13.8. The minimum atomic E-state index is -0.0189. The molecule has 1 heterocycles. The lowest BCUT2D eigenvalue weighted by Gasteiger charge is -2.21. The van der Waals surface area contributed by atoms with Crippen LogP contribution in [0.1, 0.15) is 25.0 Å². The Morgan fingerprint density at radius 3 is 1.94 bits per heavy atom. The number of benzene rings is 8. The van der Waals surface area contributed by atoms with E-state index in [-0.39, 0.29) is 5.41 Å². The molecule has 1 nitrogen and oxygen atoms in total. The van der Waals surface area contributed by atoms with Crippen molar-refractivity contribution in [2.24, 2.45) is 0 Å². The highest BCUT2D eigenvalue weighted by Crippen LogP contribution is 2.53. The molecule has 0 spiro atoms. The summed E-state index contributed by atoms with van der Waals surface area (Å²) < 4.78 is 2.47. The number of fused-ring (bicyclic) bond motifs is 12. The topological polar surface area (TPSA) is 4.93 Å². The van der Waals surface area contributed by atoms with Crippen LogP contribution in [-0.4, -0.2) is 4.57 Å². The van der Waals surface area contributed by atoms with Crippen molar-refractivity contribution >= 4 is 43.4 Å². The molecule has 8 aromatic carbocycles. The van der Waals surface area contributed by atoms with Gasteiger partial charge in [0.05, 0.1) is 11.0 Å². The van der Waals surface area contributed by atoms with Crippen LogP contribution in [0, 0.1) is 0 Å². The summed E-state index contributed by atoms with van der Waals surface area (Å²) in [5, 5.41) is 7.94. The van der Waals surface area contributed by atoms with E-state index in [1.54, 1.807) is 0 Å². The average molecular weight is 610 g/mol. The summed E-state index contributed by atoms with van der Waals surface area (Å²) >= 11 is 0. The van der Waals surface area contributed by atoms with Crippen LogP contribution >= 0.6 is 0 Å². The Morgan fingerprint density at radius 2 is 1.06 bits per heavy atom. The van der Waals surface area contributed by atoms with Crippen molar-refractivity contribution in [1.82, 2.24) is 4.57 Å². The molecule has 48 heavy (non-hydrogen) atoms. The molecule has 1 aromatic heterocycles. The van der Waals surface area contributed by atoms with Gasteiger partial charge in [-0.05, 0) is 101 Å². The zero-order chi connectivity index (χ0) is 31.7. The highest BCUT2D eigenvalue weighted by atomic mass is 15.0. The van der Waals surface area contributed by atoms with E-state index in [0.29, 0.717) is 0 Å². The molecule has 0 atom stereocenters. The van der Waals surface area contributed by atoms with Crippen molar-refractivity contribution in [3.63, 3.8) is 0 Å². The molecule has 2 aliphatic rings. The predicted molar refractivity (Wildman–Crippen MR) is 203 cm³/mol. The molecule has 0 unspecified atom stereocenters. The number of hydrogen-bond donors (Lipinski definition) is 0. The van der Waals surface area contributed by atoms with E-state index < -0.39 is 0 Å². The van der Waals surface area contributed by atoms with E-state index in [1.165, 1.54) is 105 Å². The van der Waals surface area contributed by atoms with Crippen LogP contribution in [0.15, 0.2) is 152 Å². The highest BCUT2D eigenvalue weighted by molar-refractivity contribution is 6.24. The second-order valence-corrected chi connectivity index (χ2v) is 14.1. The minimum absolute atomic E-state index is 0.0189. The van der Waals surface area contributed by atoms with Gasteiger partial charge in [-0.3, -0.25) is 0 Å². The predicted octanol–water partition coefficient (Wildman–Crippen LogP) is 12.7. The summed E-state index contributed by atoms with van der Waals surface area (Å²) in [6.07, 6.45) is 0. The molecule has 0 amide bonds. The summed E-state index contributed by atoms with van der Waals surface area (Å²) in [6.45, 7) is 4.73. The molecule has 9 aromatic rings. The van der Waals surface area contributed by atoms with Crippen molar-refractivity contribution in [3.05, 3.63) is 163 Å². The quantitative estimate of drug-likeness (QED) is 0.184. The van der Waals surface area contributed by atoms with Crippen LogP contribution in [-0.2, 0) is 5.41 Å². The SMILES string of the molecule is CC1(C)c2ccccc2-c2c1ccc1c2ccc2c1c1ccccc1n2-c1cccc(-c2ccc3c4c(cccc24)-c2ccccc2-3)c1. The molecule has 0 N–H and O–H groups in total. The van der Waals surface area contributed by atoms with E-state index in [9.17, 15) is 0 Å². The van der Waals surface area contributed by atoms with Gasteiger partial charge >= 0.3 is 0 Å². The number of hydrogen-bond acceptors (Lipinski definition) is 0.